The van der Waals surface area contributed by atoms with E-state index in [1.54, 1.807) is 4.68 Å². The van der Waals surface area contributed by atoms with E-state index in [2.05, 4.69) is 22.9 Å². The van der Waals surface area contributed by atoms with Crippen LogP contribution in [0.2, 0.25) is 0 Å². The summed E-state index contributed by atoms with van der Waals surface area (Å²) in [5, 5.41) is 8.28. The van der Waals surface area contributed by atoms with Crippen molar-refractivity contribution in [1.82, 2.24) is 15.0 Å². The van der Waals surface area contributed by atoms with Gasteiger partial charge in [-0.05, 0) is 6.92 Å². The molecule has 0 aliphatic rings. The molecule has 44 valence electrons. The molecule has 0 aliphatic carbocycles. The third kappa shape index (κ3) is 0.709. The number of hydrogen-bond donors (Lipinski definition) is 1. The number of aryl methyl sites for hydroxylation is 2. The molecule has 0 fully saturated rings. The van der Waals surface area contributed by atoms with Crippen molar-refractivity contribution in [3.05, 3.63) is 5.69 Å². The summed E-state index contributed by atoms with van der Waals surface area (Å²) >= 11 is 4.10. The van der Waals surface area contributed by atoms with Gasteiger partial charge in [-0.15, -0.1) is 17.7 Å². The highest BCUT2D eigenvalue weighted by molar-refractivity contribution is 7.80. The lowest BCUT2D eigenvalue weighted by molar-refractivity contribution is 0.667. The maximum absolute atomic E-state index is 4.10. The molecule has 0 spiro atoms. The van der Waals surface area contributed by atoms with Crippen LogP contribution in [-0.4, -0.2) is 15.0 Å². The molecule has 0 unspecified atom stereocenters. The van der Waals surface area contributed by atoms with Crippen molar-refractivity contribution in [2.24, 2.45) is 7.05 Å². The van der Waals surface area contributed by atoms with Crippen LogP contribution in [-0.2, 0) is 7.05 Å². The summed E-state index contributed by atoms with van der Waals surface area (Å²) in [6.07, 6.45) is 0. The van der Waals surface area contributed by atoms with Gasteiger partial charge < -0.3 is 0 Å². The van der Waals surface area contributed by atoms with Crippen molar-refractivity contribution in [1.29, 1.82) is 0 Å². The second-order valence-corrected chi connectivity index (χ2v) is 2.05. The third-order valence-corrected chi connectivity index (χ3v) is 1.57. The highest BCUT2D eigenvalue weighted by Gasteiger charge is 1.97. The lowest BCUT2D eigenvalue weighted by Gasteiger charge is -1.86. The Bertz CT molecular complexity index is 174. The summed E-state index contributed by atoms with van der Waals surface area (Å²) in [6.45, 7) is 1.87. The van der Waals surface area contributed by atoms with E-state index in [9.17, 15) is 0 Å². The van der Waals surface area contributed by atoms with Gasteiger partial charge in [-0.2, -0.15) is 0 Å². The first-order valence-electron chi connectivity index (χ1n) is 2.27. The fourth-order valence-corrected chi connectivity index (χ4v) is 0.540. The zero-order chi connectivity index (χ0) is 6.15. The van der Waals surface area contributed by atoms with Gasteiger partial charge in [0.1, 0.15) is 5.03 Å². The molecular formula is C4H7N3S. The summed E-state index contributed by atoms with van der Waals surface area (Å²) in [5.41, 5.74) is 0.871. The third-order valence-electron chi connectivity index (χ3n) is 0.959. The molecule has 0 bridgehead atoms. The number of thiol groups is 1. The minimum atomic E-state index is 0.824. The van der Waals surface area contributed by atoms with E-state index in [1.165, 1.54) is 0 Å². The van der Waals surface area contributed by atoms with E-state index in [4.69, 9.17) is 0 Å². The number of aromatic nitrogens is 3. The minimum Gasteiger partial charge on any atom is -0.242 e. The van der Waals surface area contributed by atoms with Crippen LogP contribution in [0.25, 0.3) is 0 Å². The summed E-state index contributed by atoms with van der Waals surface area (Å²) in [6, 6.07) is 0. The lowest BCUT2D eigenvalue weighted by atomic mass is 10.6. The van der Waals surface area contributed by atoms with Gasteiger partial charge in [-0.3, -0.25) is 0 Å². The Morgan fingerprint density at radius 1 is 1.62 bits per heavy atom. The van der Waals surface area contributed by atoms with Crippen molar-refractivity contribution >= 4 is 12.6 Å². The smallest absolute Gasteiger partial charge is 0.114 e. The predicted octanol–water partition coefficient (Wildman–Crippen LogP) is 0.412. The van der Waals surface area contributed by atoms with Crippen LogP contribution in [0, 0.1) is 6.92 Å². The van der Waals surface area contributed by atoms with Gasteiger partial charge in [0.25, 0.3) is 0 Å². The van der Waals surface area contributed by atoms with Crippen molar-refractivity contribution in [2.45, 2.75) is 11.9 Å². The van der Waals surface area contributed by atoms with Crippen LogP contribution in [0.5, 0.6) is 0 Å². The zero-order valence-corrected chi connectivity index (χ0v) is 5.68. The molecule has 0 atom stereocenters. The average molecular weight is 129 g/mol. The molecule has 0 saturated heterocycles. The number of rotatable bonds is 0. The zero-order valence-electron chi connectivity index (χ0n) is 4.79. The van der Waals surface area contributed by atoms with Gasteiger partial charge in [0, 0.05) is 7.05 Å². The highest BCUT2D eigenvalue weighted by atomic mass is 32.1. The molecule has 3 nitrogen and oxygen atoms in total. The van der Waals surface area contributed by atoms with Gasteiger partial charge >= 0.3 is 0 Å². The first kappa shape index (κ1) is 5.62. The largest absolute Gasteiger partial charge is 0.242 e. The fourth-order valence-electron chi connectivity index (χ4n) is 0.455. The first-order valence-corrected chi connectivity index (χ1v) is 2.72. The van der Waals surface area contributed by atoms with Crippen molar-refractivity contribution < 1.29 is 0 Å². The molecule has 0 aromatic carbocycles. The summed E-state index contributed by atoms with van der Waals surface area (Å²) in [5.74, 6) is 0. The molecule has 1 aromatic rings. The van der Waals surface area contributed by atoms with E-state index in [1.807, 2.05) is 14.0 Å². The van der Waals surface area contributed by atoms with Crippen LogP contribution in [0.3, 0.4) is 0 Å². The normalized spacial score (nSPS) is 9.88. The van der Waals surface area contributed by atoms with E-state index >= 15 is 0 Å². The molecule has 1 aromatic heterocycles. The summed E-state index contributed by atoms with van der Waals surface area (Å²) < 4.78 is 1.62. The molecule has 4 heteroatoms. The molecule has 8 heavy (non-hydrogen) atoms. The number of hydrogen-bond acceptors (Lipinski definition) is 3. The summed E-state index contributed by atoms with van der Waals surface area (Å²) in [7, 11) is 1.81. The maximum Gasteiger partial charge on any atom is 0.114 e. The second-order valence-electron chi connectivity index (χ2n) is 1.62. The minimum absolute atomic E-state index is 0.824. The Morgan fingerprint density at radius 3 is 2.38 bits per heavy atom. The van der Waals surface area contributed by atoms with E-state index in [-0.39, 0.29) is 0 Å². The van der Waals surface area contributed by atoms with E-state index in [0.717, 1.165) is 10.7 Å². The Kier molecular flexibility index (Phi) is 1.25. The molecule has 0 saturated carbocycles. The Hall–Kier alpha value is -0.510. The van der Waals surface area contributed by atoms with E-state index < -0.39 is 0 Å². The molecule has 0 amide bonds. The molecule has 0 N–H and O–H groups in total. The quantitative estimate of drug-likeness (QED) is 0.514. The topological polar surface area (TPSA) is 30.7 Å². The molecule has 1 heterocycles. The van der Waals surface area contributed by atoms with Gasteiger partial charge in [0.2, 0.25) is 0 Å². The van der Waals surface area contributed by atoms with Crippen LogP contribution < -0.4 is 0 Å². The Labute approximate surface area is 53.1 Å². The maximum atomic E-state index is 4.10. The van der Waals surface area contributed by atoms with Crippen LogP contribution >= 0.6 is 12.6 Å². The van der Waals surface area contributed by atoms with E-state index in [0.29, 0.717) is 0 Å². The molecular weight excluding hydrogens is 122 g/mol. The summed E-state index contributed by atoms with van der Waals surface area (Å²) in [4.78, 5) is 0. The van der Waals surface area contributed by atoms with Gasteiger partial charge in [-0.25, -0.2) is 4.68 Å². The van der Waals surface area contributed by atoms with Crippen molar-refractivity contribution in [2.75, 3.05) is 0 Å². The SMILES string of the molecule is Cc1nnn(C)c1S. The average Bonchev–Trinajstić information content (AvgIpc) is 1.98. The van der Waals surface area contributed by atoms with Crippen LogP contribution in [0.4, 0.5) is 0 Å². The lowest BCUT2D eigenvalue weighted by Crippen LogP contribution is -1.89. The monoisotopic (exact) mass is 129 g/mol. The Morgan fingerprint density at radius 2 is 2.25 bits per heavy atom. The van der Waals surface area contributed by atoms with Gasteiger partial charge in [0.05, 0.1) is 5.69 Å². The molecule has 1 rings (SSSR count). The fraction of sp³-hybridized carbons (Fsp3) is 0.500. The second kappa shape index (κ2) is 1.78. The highest BCUT2D eigenvalue weighted by Crippen LogP contribution is 2.05. The van der Waals surface area contributed by atoms with Gasteiger partial charge in [-0.1, -0.05) is 5.21 Å². The Balaban J connectivity index is 3.19. The molecule has 0 radical (unpaired) electrons. The van der Waals surface area contributed by atoms with Crippen molar-refractivity contribution in [3.63, 3.8) is 0 Å². The van der Waals surface area contributed by atoms with Crippen LogP contribution in [0.15, 0.2) is 5.03 Å². The number of nitrogens with zero attached hydrogens (tertiary/aromatic N) is 3. The first-order chi connectivity index (χ1) is 3.72. The van der Waals surface area contributed by atoms with Crippen LogP contribution in [0.1, 0.15) is 5.69 Å². The van der Waals surface area contributed by atoms with Crippen molar-refractivity contribution in [3.8, 4) is 0 Å². The molecule has 0 aliphatic heterocycles. The van der Waals surface area contributed by atoms with Gasteiger partial charge in [0.15, 0.2) is 0 Å². The predicted molar refractivity (Wildman–Crippen MR) is 33.0 cm³/mol. The standard InChI is InChI=1S/C4H7N3S/c1-3-4(8)7(2)6-5-3/h8H,1-2H3.